The van der Waals surface area contributed by atoms with E-state index in [0.717, 1.165) is 23.3 Å². The highest BCUT2D eigenvalue weighted by Crippen LogP contribution is 2.34. The van der Waals surface area contributed by atoms with Crippen molar-refractivity contribution >= 4 is 23.3 Å². The number of allylic oxidation sites excluding steroid dienone is 2. The van der Waals surface area contributed by atoms with Gasteiger partial charge < -0.3 is 0 Å². The van der Waals surface area contributed by atoms with Crippen molar-refractivity contribution in [1.82, 2.24) is 0 Å². The summed E-state index contributed by atoms with van der Waals surface area (Å²) in [4.78, 5) is 26.9. The van der Waals surface area contributed by atoms with Gasteiger partial charge in [-0.1, -0.05) is 55.8 Å². The monoisotopic (exact) mass is 364 g/mol. The Bertz CT molecular complexity index is 860. The summed E-state index contributed by atoms with van der Waals surface area (Å²) in [7, 11) is 0. The number of ketones is 2. The highest BCUT2D eigenvalue weighted by atomic mass is 32.2. The number of carbonyl (C=O) groups excluding carboxylic acids is 2. The van der Waals surface area contributed by atoms with Gasteiger partial charge in [0.2, 0.25) is 5.78 Å². The van der Waals surface area contributed by atoms with Gasteiger partial charge in [-0.3, -0.25) is 9.59 Å². The first-order valence-electron chi connectivity index (χ1n) is 9.12. The van der Waals surface area contributed by atoms with Gasteiger partial charge in [-0.2, -0.15) is 0 Å². The number of carbonyl (C=O) groups is 2. The molecule has 2 aromatic rings. The SMILES string of the molecule is Cc1ccc(SC2=CC(=O)c3cc(CCCC(C)C)ccc3C2=O)cc1. The van der Waals surface area contributed by atoms with E-state index in [1.165, 1.54) is 29.8 Å². The van der Waals surface area contributed by atoms with Gasteiger partial charge in [0.15, 0.2) is 5.78 Å². The quantitative estimate of drug-likeness (QED) is 0.627. The molecule has 3 heteroatoms. The number of benzene rings is 2. The van der Waals surface area contributed by atoms with Crippen molar-refractivity contribution in [3.05, 3.63) is 75.7 Å². The molecule has 0 heterocycles. The molecule has 0 aliphatic heterocycles. The number of Topliss-reactive ketones (excluding diaryl/α,β-unsaturated/α-hetero) is 1. The summed E-state index contributed by atoms with van der Waals surface area (Å²) in [5, 5.41) is 0. The van der Waals surface area contributed by atoms with E-state index in [2.05, 4.69) is 13.8 Å². The minimum atomic E-state index is -0.0695. The molecular weight excluding hydrogens is 340 g/mol. The molecule has 0 saturated heterocycles. The van der Waals surface area contributed by atoms with Crippen LogP contribution in [0.15, 0.2) is 58.3 Å². The van der Waals surface area contributed by atoms with Crippen LogP contribution in [0.1, 0.15) is 58.5 Å². The lowest BCUT2D eigenvalue weighted by atomic mass is 9.91. The van der Waals surface area contributed by atoms with Crippen molar-refractivity contribution in [2.45, 2.75) is 44.9 Å². The average molecular weight is 365 g/mol. The number of thioether (sulfide) groups is 1. The largest absolute Gasteiger partial charge is 0.289 e. The summed E-state index contributed by atoms with van der Waals surface area (Å²) in [5.41, 5.74) is 3.38. The van der Waals surface area contributed by atoms with Crippen LogP contribution < -0.4 is 0 Å². The maximum Gasteiger partial charge on any atom is 0.200 e. The van der Waals surface area contributed by atoms with E-state index in [1.807, 2.05) is 49.4 Å². The first kappa shape index (κ1) is 18.7. The Morgan fingerprint density at radius 3 is 2.38 bits per heavy atom. The molecule has 2 aromatic carbocycles. The average Bonchev–Trinajstić information content (AvgIpc) is 2.61. The lowest BCUT2D eigenvalue weighted by Gasteiger charge is -2.16. The van der Waals surface area contributed by atoms with E-state index in [0.29, 0.717) is 21.9 Å². The molecule has 0 atom stereocenters. The molecule has 0 amide bonds. The van der Waals surface area contributed by atoms with Gasteiger partial charge in [0.1, 0.15) is 0 Å². The van der Waals surface area contributed by atoms with Crippen molar-refractivity contribution in [3.8, 4) is 0 Å². The fourth-order valence-corrected chi connectivity index (χ4v) is 3.96. The van der Waals surface area contributed by atoms with Crippen LogP contribution in [0.3, 0.4) is 0 Å². The third-order valence-corrected chi connectivity index (χ3v) is 5.61. The molecule has 0 unspecified atom stereocenters. The van der Waals surface area contributed by atoms with Gasteiger partial charge in [-0.25, -0.2) is 0 Å². The van der Waals surface area contributed by atoms with Gasteiger partial charge in [-0.15, -0.1) is 0 Å². The summed E-state index contributed by atoms with van der Waals surface area (Å²) in [6.07, 6.45) is 4.71. The van der Waals surface area contributed by atoms with Crippen LogP contribution in [0.4, 0.5) is 0 Å². The maximum atomic E-state index is 12.8. The van der Waals surface area contributed by atoms with Crippen molar-refractivity contribution in [2.75, 3.05) is 0 Å². The van der Waals surface area contributed by atoms with Crippen LogP contribution in [0.2, 0.25) is 0 Å². The van der Waals surface area contributed by atoms with Gasteiger partial charge in [0.05, 0.1) is 4.91 Å². The normalized spacial score (nSPS) is 13.8. The molecule has 3 rings (SSSR count). The summed E-state index contributed by atoms with van der Waals surface area (Å²) in [6.45, 7) is 6.46. The zero-order valence-electron chi connectivity index (χ0n) is 15.5. The Kier molecular flexibility index (Phi) is 5.77. The number of fused-ring (bicyclic) bond motifs is 1. The van der Waals surface area contributed by atoms with Crippen molar-refractivity contribution in [2.24, 2.45) is 5.92 Å². The number of hydrogen-bond donors (Lipinski definition) is 0. The third kappa shape index (κ3) is 4.34. The Balaban J connectivity index is 1.78. The minimum absolute atomic E-state index is 0.0566. The van der Waals surface area contributed by atoms with Crippen LogP contribution in [0, 0.1) is 12.8 Å². The van der Waals surface area contributed by atoms with Crippen LogP contribution in [-0.2, 0) is 6.42 Å². The third-order valence-electron chi connectivity index (χ3n) is 4.58. The van der Waals surface area contributed by atoms with E-state index in [1.54, 1.807) is 0 Å². The highest BCUT2D eigenvalue weighted by Gasteiger charge is 2.26. The number of rotatable bonds is 6. The van der Waals surface area contributed by atoms with E-state index in [-0.39, 0.29) is 11.6 Å². The smallest absolute Gasteiger partial charge is 0.200 e. The molecular formula is C23H24O2S. The molecule has 2 nitrogen and oxygen atoms in total. The first-order valence-corrected chi connectivity index (χ1v) is 9.94. The lowest BCUT2D eigenvalue weighted by Crippen LogP contribution is -2.16. The van der Waals surface area contributed by atoms with Gasteiger partial charge in [-0.05, 0) is 55.5 Å². The van der Waals surface area contributed by atoms with Crippen molar-refractivity contribution < 1.29 is 9.59 Å². The lowest BCUT2D eigenvalue weighted by molar-refractivity contribution is 0.0991. The van der Waals surface area contributed by atoms with E-state index in [9.17, 15) is 9.59 Å². The molecule has 0 N–H and O–H groups in total. The van der Waals surface area contributed by atoms with Crippen LogP contribution >= 0.6 is 11.8 Å². The predicted molar refractivity (Wildman–Crippen MR) is 108 cm³/mol. The molecule has 26 heavy (non-hydrogen) atoms. The Morgan fingerprint density at radius 1 is 0.962 bits per heavy atom. The molecule has 1 aliphatic rings. The van der Waals surface area contributed by atoms with Gasteiger partial charge in [0.25, 0.3) is 0 Å². The minimum Gasteiger partial charge on any atom is -0.289 e. The zero-order chi connectivity index (χ0) is 18.7. The highest BCUT2D eigenvalue weighted by molar-refractivity contribution is 8.04. The van der Waals surface area contributed by atoms with Crippen molar-refractivity contribution in [3.63, 3.8) is 0 Å². The molecule has 0 spiro atoms. The molecule has 1 aliphatic carbocycles. The van der Waals surface area contributed by atoms with Gasteiger partial charge in [0, 0.05) is 22.1 Å². The van der Waals surface area contributed by atoms with Crippen LogP contribution in [0.5, 0.6) is 0 Å². The Labute approximate surface area is 159 Å². The molecule has 134 valence electrons. The predicted octanol–water partition coefficient (Wildman–Crippen LogP) is 6.03. The maximum absolute atomic E-state index is 12.8. The van der Waals surface area contributed by atoms with E-state index >= 15 is 0 Å². The Hall–Kier alpha value is -2.13. The van der Waals surface area contributed by atoms with E-state index in [4.69, 9.17) is 0 Å². The standard InChI is InChI=1S/C23H24O2S/c1-15(2)5-4-6-17-9-12-19-20(13-17)21(24)14-22(23(19)25)26-18-10-7-16(3)8-11-18/h7-15H,4-6H2,1-3H3. The summed E-state index contributed by atoms with van der Waals surface area (Å²) in [5.74, 6) is 0.555. The second-order valence-electron chi connectivity index (χ2n) is 7.28. The topological polar surface area (TPSA) is 34.1 Å². The zero-order valence-corrected chi connectivity index (χ0v) is 16.4. The van der Waals surface area contributed by atoms with E-state index < -0.39 is 0 Å². The first-order chi connectivity index (χ1) is 12.4. The summed E-state index contributed by atoms with van der Waals surface area (Å²) in [6, 6.07) is 13.7. The fraction of sp³-hybridized carbons (Fsp3) is 0.304. The second-order valence-corrected chi connectivity index (χ2v) is 8.40. The Morgan fingerprint density at radius 2 is 1.69 bits per heavy atom. The molecule has 0 fully saturated rings. The van der Waals surface area contributed by atoms with Crippen LogP contribution in [-0.4, -0.2) is 11.6 Å². The van der Waals surface area contributed by atoms with Crippen LogP contribution in [0.25, 0.3) is 0 Å². The number of aryl methyl sites for hydroxylation is 2. The fourth-order valence-electron chi connectivity index (χ4n) is 3.07. The molecule has 0 aromatic heterocycles. The number of hydrogen-bond acceptors (Lipinski definition) is 3. The van der Waals surface area contributed by atoms with Gasteiger partial charge >= 0.3 is 0 Å². The summed E-state index contributed by atoms with van der Waals surface area (Å²) >= 11 is 1.36. The summed E-state index contributed by atoms with van der Waals surface area (Å²) < 4.78 is 0. The molecule has 0 radical (unpaired) electrons. The second kappa shape index (κ2) is 8.05. The molecule has 0 bridgehead atoms. The molecule has 0 saturated carbocycles. The van der Waals surface area contributed by atoms with Crippen molar-refractivity contribution in [1.29, 1.82) is 0 Å².